The number of fused-ring (bicyclic) bond motifs is 6. The molecule has 0 amide bonds. The lowest BCUT2D eigenvalue weighted by atomic mass is 9.52. The average molecular weight is 797 g/mol. The van der Waals surface area contributed by atoms with Crippen molar-refractivity contribution >= 4 is 11.4 Å². The first-order chi connectivity index (χ1) is 28.3. The number of benzene rings is 4. The molecule has 8 rings (SSSR count). The van der Waals surface area contributed by atoms with Gasteiger partial charge in [-0.2, -0.15) is 0 Å². The molecule has 6 atom stereocenters. The van der Waals surface area contributed by atoms with E-state index in [2.05, 4.69) is 137 Å². The number of aryl methyl sites for hydroxylation is 2. The van der Waals surface area contributed by atoms with Crippen LogP contribution < -0.4 is 15.4 Å². The molecule has 0 spiro atoms. The van der Waals surface area contributed by atoms with Crippen LogP contribution in [0.25, 0.3) is 0 Å². The van der Waals surface area contributed by atoms with Crippen molar-refractivity contribution in [2.24, 2.45) is 11.8 Å². The van der Waals surface area contributed by atoms with Gasteiger partial charge in [0.15, 0.2) is 0 Å². The zero-order chi connectivity index (χ0) is 41.4. The number of nitrogens with one attached hydrogen (secondary N) is 2. The standard InChI is InChI=1S/C54H72N2O3/c1-7-25-51(57)27-29-53(33-39-9-17-45(18-10-39)55-37(3)4)43(35-51)15-13-41-31-47(21-23-49(41)53)59-48-22-24-50-42(32-48)14-16-44-36-52(58,26-8-2)28-30-54(44,50)34-40-11-19-46(20-12-40)56-38(5)6/h9-12,17-24,31-32,37-38,43-44,55-58H,7-8,13-16,25-30,33-36H2,1-6H3. The normalized spacial score (nSPS) is 28.6. The molecule has 0 heterocycles. The van der Waals surface area contributed by atoms with E-state index in [0.717, 1.165) is 114 Å². The molecule has 316 valence electrons. The Hall–Kier alpha value is -3.80. The molecule has 4 aliphatic rings. The van der Waals surface area contributed by atoms with E-state index >= 15 is 0 Å². The SMILES string of the molecule is CCCC1(O)CCC2(Cc3ccc(NC(C)C)cc3)c3ccc(Oc4ccc5c(c4)CCC4CC(O)(CCC)CCC54Cc4ccc(NC(C)C)cc4)cc3CCC2C1. The Balaban J connectivity index is 1.07. The second-order valence-electron chi connectivity index (χ2n) is 20.2. The summed E-state index contributed by atoms with van der Waals surface area (Å²) in [5, 5.41) is 30.6. The lowest BCUT2D eigenvalue weighted by molar-refractivity contribution is -0.0567. The number of hydrogen-bond acceptors (Lipinski definition) is 5. The summed E-state index contributed by atoms with van der Waals surface area (Å²) in [5.74, 6) is 2.73. The van der Waals surface area contributed by atoms with Gasteiger partial charge in [-0.1, -0.05) is 63.1 Å². The van der Waals surface area contributed by atoms with E-state index in [1.54, 1.807) is 0 Å². The number of rotatable bonds is 14. The molecule has 0 aliphatic heterocycles. The fraction of sp³-hybridized carbons (Fsp3) is 0.556. The van der Waals surface area contributed by atoms with Crippen molar-refractivity contribution in [3.63, 3.8) is 0 Å². The first kappa shape index (κ1) is 41.9. The molecule has 0 aromatic heterocycles. The maximum absolute atomic E-state index is 11.7. The number of hydrogen-bond donors (Lipinski definition) is 4. The summed E-state index contributed by atoms with van der Waals surface area (Å²) >= 11 is 0. The minimum atomic E-state index is -0.552. The summed E-state index contributed by atoms with van der Waals surface area (Å²) < 4.78 is 6.81. The van der Waals surface area contributed by atoms with Crippen LogP contribution in [0.1, 0.15) is 152 Å². The van der Waals surface area contributed by atoms with Gasteiger partial charge >= 0.3 is 0 Å². The first-order valence-electron chi connectivity index (χ1n) is 23.4. The smallest absolute Gasteiger partial charge is 0.127 e. The number of aliphatic hydroxyl groups is 2. The van der Waals surface area contributed by atoms with E-state index in [9.17, 15) is 10.2 Å². The zero-order valence-corrected chi connectivity index (χ0v) is 37.0. The molecular formula is C54H72N2O3. The number of anilines is 2. The van der Waals surface area contributed by atoms with E-state index in [0.29, 0.717) is 23.9 Å². The molecule has 0 radical (unpaired) electrons. The van der Waals surface area contributed by atoms with Gasteiger partial charge in [-0.3, -0.25) is 0 Å². The summed E-state index contributed by atoms with van der Waals surface area (Å²) in [6, 6.07) is 32.9. The topological polar surface area (TPSA) is 73.8 Å². The minimum absolute atomic E-state index is 0.00426. The van der Waals surface area contributed by atoms with E-state index in [4.69, 9.17) is 4.74 Å². The summed E-state index contributed by atoms with van der Waals surface area (Å²) in [5.41, 5.74) is 9.76. The predicted molar refractivity (Wildman–Crippen MR) is 245 cm³/mol. The molecular weight excluding hydrogens is 725 g/mol. The third kappa shape index (κ3) is 8.71. The zero-order valence-electron chi connectivity index (χ0n) is 37.0. The summed E-state index contributed by atoms with van der Waals surface area (Å²) in [6.45, 7) is 13.1. The second-order valence-corrected chi connectivity index (χ2v) is 20.2. The van der Waals surface area contributed by atoms with Crippen LogP contribution in [-0.2, 0) is 36.5 Å². The molecule has 2 fully saturated rings. The van der Waals surface area contributed by atoms with Gasteiger partial charge in [0.2, 0.25) is 0 Å². The fourth-order valence-corrected chi connectivity index (χ4v) is 12.6. The van der Waals surface area contributed by atoms with E-state index < -0.39 is 11.2 Å². The summed E-state index contributed by atoms with van der Waals surface area (Å²) in [7, 11) is 0. The quantitative estimate of drug-likeness (QED) is 0.102. The Kier molecular flexibility index (Phi) is 12.0. The van der Waals surface area contributed by atoms with Gasteiger partial charge in [0.05, 0.1) is 11.2 Å². The highest BCUT2D eigenvalue weighted by Gasteiger charge is 2.53. The molecule has 59 heavy (non-hydrogen) atoms. The van der Waals surface area contributed by atoms with Gasteiger partial charge in [0.25, 0.3) is 0 Å². The largest absolute Gasteiger partial charge is 0.457 e. The second kappa shape index (κ2) is 16.9. The predicted octanol–water partition coefficient (Wildman–Crippen LogP) is 12.6. The van der Waals surface area contributed by atoms with E-state index in [-0.39, 0.29) is 10.8 Å². The van der Waals surface area contributed by atoms with Crippen molar-refractivity contribution in [2.45, 2.75) is 178 Å². The van der Waals surface area contributed by atoms with Crippen LogP contribution in [-0.4, -0.2) is 33.5 Å². The van der Waals surface area contributed by atoms with Crippen molar-refractivity contribution < 1.29 is 14.9 Å². The van der Waals surface area contributed by atoms with E-state index in [1.807, 2.05) is 0 Å². The Labute approximate surface area is 355 Å². The highest BCUT2D eigenvalue weighted by Crippen LogP contribution is 2.57. The lowest BCUT2D eigenvalue weighted by Crippen LogP contribution is -2.51. The van der Waals surface area contributed by atoms with E-state index in [1.165, 1.54) is 44.8 Å². The molecule has 5 nitrogen and oxygen atoms in total. The van der Waals surface area contributed by atoms with Gasteiger partial charge in [-0.25, -0.2) is 0 Å². The van der Waals surface area contributed by atoms with Crippen LogP contribution in [0.3, 0.4) is 0 Å². The fourth-order valence-electron chi connectivity index (χ4n) is 12.6. The Bertz CT molecular complexity index is 1910. The van der Waals surface area contributed by atoms with Gasteiger partial charge in [0, 0.05) is 34.3 Å². The molecule has 4 N–H and O–H groups in total. The monoisotopic (exact) mass is 797 g/mol. The van der Waals surface area contributed by atoms with Crippen LogP contribution in [0.4, 0.5) is 11.4 Å². The highest BCUT2D eigenvalue weighted by atomic mass is 16.5. The van der Waals surface area contributed by atoms with Crippen LogP contribution in [0, 0.1) is 11.8 Å². The van der Waals surface area contributed by atoms with Gasteiger partial charge in [-0.15, -0.1) is 0 Å². The highest BCUT2D eigenvalue weighted by molar-refractivity contribution is 5.51. The Morgan fingerprint density at radius 3 is 1.36 bits per heavy atom. The molecule has 6 unspecified atom stereocenters. The first-order valence-corrected chi connectivity index (χ1v) is 23.4. The molecule has 4 aromatic rings. The maximum Gasteiger partial charge on any atom is 0.127 e. The van der Waals surface area contributed by atoms with Gasteiger partial charge < -0.3 is 25.6 Å². The van der Waals surface area contributed by atoms with Crippen molar-refractivity contribution in [3.8, 4) is 11.5 Å². The molecule has 0 saturated heterocycles. The minimum Gasteiger partial charge on any atom is -0.457 e. The summed E-state index contributed by atoms with van der Waals surface area (Å²) in [4.78, 5) is 0. The van der Waals surface area contributed by atoms with Crippen LogP contribution in [0.2, 0.25) is 0 Å². The molecule has 2 saturated carbocycles. The molecule has 4 aliphatic carbocycles. The van der Waals surface area contributed by atoms with Crippen molar-refractivity contribution in [1.82, 2.24) is 0 Å². The molecule has 0 bridgehead atoms. The summed E-state index contributed by atoms with van der Waals surface area (Å²) in [6.07, 6.45) is 15.6. The van der Waals surface area contributed by atoms with Crippen molar-refractivity contribution in [1.29, 1.82) is 0 Å². The molecule has 4 aromatic carbocycles. The Morgan fingerprint density at radius 1 is 0.576 bits per heavy atom. The third-order valence-corrected chi connectivity index (χ3v) is 15.2. The van der Waals surface area contributed by atoms with Gasteiger partial charge in [0.1, 0.15) is 11.5 Å². The Morgan fingerprint density at radius 2 is 0.983 bits per heavy atom. The van der Waals surface area contributed by atoms with Crippen molar-refractivity contribution in [3.05, 3.63) is 118 Å². The van der Waals surface area contributed by atoms with Gasteiger partial charge in [-0.05, 0) is 211 Å². The maximum atomic E-state index is 11.7. The van der Waals surface area contributed by atoms with Crippen LogP contribution in [0.5, 0.6) is 11.5 Å². The number of ether oxygens (including phenoxy) is 1. The third-order valence-electron chi connectivity index (χ3n) is 15.2. The lowest BCUT2D eigenvalue weighted by Gasteiger charge is -2.53. The molecule has 5 heteroatoms. The van der Waals surface area contributed by atoms with Crippen LogP contribution >= 0.6 is 0 Å². The van der Waals surface area contributed by atoms with Crippen LogP contribution in [0.15, 0.2) is 84.9 Å². The van der Waals surface area contributed by atoms with Crippen molar-refractivity contribution in [2.75, 3.05) is 10.6 Å². The average Bonchev–Trinajstić information content (AvgIpc) is 3.19.